The number of amides is 1. The number of nitrogens with zero attached hydrogens (tertiary/aromatic N) is 4. The summed E-state index contributed by atoms with van der Waals surface area (Å²) in [6.07, 6.45) is 3.09. The minimum atomic E-state index is -0.181. The summed E-state index contributed by atoms with van der Waals surface area (Å²) in [7, 11) is 0. The maximum Gasteiger partial charge on any atom is 0.409 e. The van der Waals surface area contributed by atoms with E-state index in [-0.39, 0.29) is 11.5 Å². The summed E-state index contributed by atoms with van der Waals surface area (Å²) in [5.74, 6) is 1.27. The fourth-order valence-corrected chi connectivity index (χ4v) is 4.29. The molecule has 4 rings (SSSR count). The van der Waals surface area contributed by atoms with Crippen LogP contribution >= 0.6 is 0 Å². The lowest BCUT2D eigenvalue weighted by Crippen LogP contribution is -2.47. The van der Waals surface area contributed by atoms with Gasteiger partial charge in [0, 0.05) is 30.6 Å². The molecule has 1 aromatic heterocycles. The molecule has 2 aliphatic heterocycles. The molecule has 27 heavy (non-hydrogen) atoms. The highest BCUT2D eigenvalue weighted by atomic mass is 16.6. The molecule has 1 atom stereocenters. The second-order valence-corrected chi connectivity index (χ2v) is 7.56. The molecular weight excluding hydrogens is 344 g/mol. The SMILES string of the molecule is CCOC(=O)N1CCCC2(CCN(Cc3nc(-c4ccccc4)no3)C2)C1. The number of carbonyl (C=O) groups is 1. The quantitative estimate of drug-likeness (QED) is 0.823. The molecule has 2 saturated heterocycles. The van der Waals surface area contributed by atoms with Crippen molar-refractivity contribution in [2.24, 2.45) is 5.41 Å². The van der Waals surface area contributed by atoms with Crippen molar-refractivity contribution in [3.63, 3.8) is 0 Å². The highest BCUT2D eigenvalue weighted by Gasteiger charge is 2.43. The minimum absolute atomic E-state index is 0.160. The number of piperidine rings is 1. The zero-order chi connectivity index (χ0) is 18.7. The summed E-state index contributed by atoms with van der Waals surface area (Å²) in [5, 5.41) is 4.11. The minimum Gasteiger partial charge on any atom is -0.450 e. The van der Waals surface area contributed by atoms with Gasteiger partial charge in [-0.05, 0) is 32.7 Å². The molecule has 0 radical (unpaired) electrons. The highest BCUT2D eigenvalue weighted by Crippen LogP contribution is 2.39. The number of carbonyl (C=O) groups excluding carboxylic acids is 1. The fraction of sp³-hybridized carbons (Fsp3) is 0.550. The van der Waals surface area contributed by atoms with E-state index in [1.807, 2.05) is 42.2 Å². The predicted octanol–water partition coefficient (Wildman–Crippen LogP) is 3.18. The highest BCUT2D eigenvalue weighted by molar-refractivity contribution is 5.67. The molecule has 2 aliphatic rings. The monoisotopic (exact) mass is 370 g/mol. The molecule has 0 aliphatic carbocycles. The molecule has 144 valence electrons. The Morgan fingerprint density at radius 3 is 2.89 bits per heavy atom. The Hall–Kier alpha value is -2.41. The van der Waals surface area contributed by atoms with Gasteiger partial charge in [-0.2, -0.15) is 4.98 Å². The summed E-state index contributed by atoms with van der Waals surface area (Å²) >= 11 is 0. The van der Waals surface area contributed by atoms with Crippen molar-refractivity contribution in [3.8, 4) is 11.4 Å². The smallest absolute Gasteiger partial charge is 0.409 e. The van der Waals surface area contributed by atoms with Crippen LogP contribution in [0.2, 0.25) is 0 Å². The van der Waals surface area contributed by atoms with E-state index in [1.54, 1.807) is 0 Å². The first kappa shape index (κ1) is 18.0. The van der Waals surface area contributed by atoms with Gasteiger partial charge in [-0.25, -0.2) is 4.79 Å². The largest absolute Gasteiger partial charge is 0.450 e. The van der Waals surface area contributed by atoms with Crippen LogP contribution in [0.3, 0.4) is 0 Å². The van der Waals surface area contributed by atoms with E-state index in [1.165, 1.54) is 0 Å². The Balaban J connectivity index is 1.37. The third kappa shape index (κ3) is 3.98. The molecule has 1 unspecified atom stereocenters. The molecule has 0 N–H and O–H groups in total. The standard InChI is InChI=1S/C20H26N4O3/c1-2-26-19(25)24-11-6-9-20(15-24)10-12-23(14-20)13-17-21-18(22-27-17)16-7-4-3-5-8-16/h3-5,7-8H,2,6,9-15H2,1H3. The molecule has 7 nitrogen and oxygen atoms in total. The topological polar surface area (TPSA) is 71.7 Å². The van der Waals surface area contributed by atoms with Crippen LogP contribution in [-0.4, -0.2) is 58.8 Å². The van der Waals surface area contributed by atoms with Crippen LogP contribution in [0.1, 0.15) is 32.1 Å². The van der Waals surface area contributed by atoms with Gasteiger partial charge in [0.15, 0.2) is 0 Å². The summed E-state index contributed by atoms with van der Waals surface area (Å²) < 4.78 is 10.7. The van der Waals surface area contributed by atoms with Gasteiger partial charge in [0.05, 0.1) is 13.2 Å². The summed E-state index contributed by atoms with van der Waals surface area (Å²) in [4.78, 5) is 20.9. The van der Waals surface area contributed by atoms with Crippen LogP contribution in [0.25, 0.3) is 11.4 Å². The van der Waals surface area contributed by atoms with Gasteiger partial charge in [0.1, 0.15) is 0 Å². The Labute approximate surface area is 159 Å². The number of rotatable bonds is 4. The number of hydrogen-bond acceptors (Lipinski definition) is 6. The van der Waals surface area contributed by atoms with Crippen LogP contribution in [0.4, 0.5) is 4.79 Å². The molecule has 2 fully saturated rings. The Bertz CT molecular complexity index is 779. The summed E-state index contributed by atoms with van der Waals surface area (Å²) in [6.45, 7) is 6.44. The van der Waals surface area contributed by atoms with Crippen LogP contribution in [0, 0.1) is 5.41 Å². The van der Waals surface area contributed by atoms with E-state index in [0.717, 1.165) is 51.0 Å². The van der Waals surface area contributed by atoms with Gasteiger partial charge in [0.2, 0.25) is 11.7 Å². The lowest BCUT2D eigenvalue weighted by molar-refractivity contribution is 0.0594. The van der Waals surface area contributed by atoms with Gasteiger partial charge >= 0.3 is 6.09 Å². The molecule has 1 amide bonds. The van der Waals surface area contributed by atoms with Crippen molar-refractivity contribution in [1.29, 1.82) is 0 Å². The van der Waals surface area contributed by atoms with E-state index in [9.17, 15) is 4.79 Å². The van der Waals surface area contributed by atoms with Gasteiger partial charge in [0.25, 0.3) is 0 Å². The first-order valence-electron chi connectivity index (χ1n) is 9.69. The van der Waals surface area contributed by atoms with Gasteiger partial charge < -0.3 is 14.2 Å². The van der Waals surface area contributed by atoms with Crippen molar-refractivity contribution in [2.75, 3.05) is 32.8 Å². The molecular formula is C20H26N4O3. The first-order chi connectivity index (χ1) is 13.2. The number of benzene rings is 1. The summed E-state index contributed by atoms with van der Waals surface area (Å²) in [6, 6.07) is 9.86. The van der Waals surface area contributed by atoms with E-state index < -0.39 is 0 Å². The first-order valence-corrected chi connectivity index (χ1v) is 9.69. The van der Waals surface area contributed by atoms with Crippen LogP contribution < -0.4 is 0 Å². The summed E-state index contributed by atoms with van der Waals surface area (Å²) in [5.41, 5.74) is 1.12. The Morgan fingerprint density at radius 2 is 2.07 bits per heavy atom. The van der Waals surface area contributed by atoms with Crippen molar-refractivity contribution >= 4 is 6.09 Å². The zero-order valence-corrected chi connectivity index (χ0v) is 15.8. The van der Waals surface area contributed by atoms with Crippen LogP contribution in [0.5, 0.6) is 0 Å². The molecule has 1 aromatic carbocycles. The maximum atomic E-state index is 12.1. The Kier molecular flexibility index (Phi) is 5.11. The predicted molar refractivity (Wildman–Crippen MR) is 99.9 cm³/mol. The molecule has 0 saturated carbocycles. The van der Waals surface area contributed by atoms with Crippen molar-refractivity contribution in [2.45, 2.75) is 32.7 Å². The zero-order valence-electron chi connectivity index (χ0n) is 15.8. The molecule has 3 heterocycles. The average molecular weight is 370 g/mol. The maximum absolute atomic E-state index is 12.1. The van der Waals surface area contributed by atoms with Crippen LogP contribution in [0.15, 0.2) is 34.9 Å². The van der Waals surface area contributed by atoms with E-state index in [0.29, 0.717) is 24.9 Å². The van der Waals surface area contributed by atoms with E-state index >= 15 is 0 Å². The lowest BCUT2D eigenvalue weighted by atomic mass is 9.79. The van der Waals surface area contributed by atoms with Gasteiger partial charge in [-0.3, -0.25) is 4.90 Å². The number of likely N-dealkylation sites (tertiary alicyclic amines) is 2. The number of ether oxygens (including phenoxy) is 1. The van der Waals surface area contributed by atoms with Crippen molar-refractivity contribution < 1.29 is 14.1 Å². The second-order valence-electron chi connectivity index (χ2n) is 7.56. The third-order valence-corrected chi connectivity index (χ3v) is 5.56. The van der Waals surface area contributed by atoms with Gasteiger partial charge in [-0.1, -0.05) is 35.5 Å². The van der Waals surface area contributed by atoms with E-state index in [4.69, 9.17) is 9.26 Å². The Morgan fingerprint density at radius 1 is 1.22 bits per heavy atom. The van der Waals surface area contributed by atoms with Crippen molar-refractivity contribution in [3.05, 3.63) is 36.2 Å². The third-order valence-electron chi connectivity index (χ3n) is 5.56. The van der Waals surface area contributed by atoms with E-state index in [2.05, 4.69) is 15.0 Å². The molecule has 2 aromatic rings. The van der Waals surface area contributed by atoms with Crippen molar-refractivity contribution in [1.82, 2.24) is 19.9 Å². The molecule has 1 spiro atoms. The normalized spacial score (nSPS) is 23.1. The van der Waals surface area contributed by atoms with Crippen LogP contribution in [-0.2, 0) is 11.3 Å². The lowest BCUT2D eigenvalue weighted by Gasteiger charge is -2.39. The number of hydrogen-bond donors (Lipinski definition) is 0. The van der Waals surface area contributed by atoms with Gasteiger partial charge in [-0.15, -0.1) is 0 Å². The molecule has 0 bridgehead atoms. The second kappa shape index (κ2) is 7.68. The fourth-order valence-electron chi connectivity index (χ4n) is 4.29. The molecule has 7 heteroatoms. The number of aromatic nitrogens is 2. The average Bonchev–Trinajstić information content (AvgIpc) is 3.31.